The average molecular weight is 389 g/mol. The Labute approximate surface area is 167 Å². The lowest BCUT2D eigenvalue weighted by Crippen LogP contribution is -2.46. The summed E-state index contributed by atoms with van der Waals surface area (Å²) in [7, 11) is 3.64. The Kier molecular flexibility index (Phi) is 6.96. The van der Waals surface area contributed by atoms with E-state index in [1.807, 2.05) is 30.3 Å². The van der Waals surface area contributed by atoms with E-state index in [0.717, 1.165) is 58.7 Å². The summed E-state index contributed by atoms with van der Waals surface area (Å²) in [4.78, 5) is 20.7. The van der Waals surface area contributed by atoms with Gasteiger partial charge in [-0.25, -0.2) is 4.79 Å². The van der Waals surface area contributed by atoms with Crippen molar-refractivity contribution in [3.63, 3.8) is 0 Å². The maximum Gasteiger partial charge on any atom is 0.319 e. The highest BCUT2D eigenvalue weighted by atomic mass is 32.1. The van der Waals surface area contributed by atoms with Crippen LogP contribution >= 0.6 is 11.3 Å². The van der Waals surface area contributed by atoms with Crippen LogP contribution in [-0.4, -0.2) is 80.6 Å². The van der Waals surface area contributed by atoms with Crippen molar-refractivity contribution in [2.24, 2.45) is 0 Å². The molecular formula is C21H32N4OS. The number of carbonyl (C=O) groups is 1. The molecule has 0 atom stereocenters. The van der Waals surface area contributed by atoms with Crippen molar-refractivity contribution < 1.29 is 4.79 Å². The fraction of sp³-hybridized carbons (Fsp3) is 0.571. The van der Waals surface area contributed by atoms with Crippen LogP contribution in [0.3, 0.4) is 0 Å². The van der Waals surface area contributed by atoms with Gasteiger partial charge in [0.25, 0.3) is 0 Å². The van der Waals surface area contributed by atoms with E-state index in [1.165, 1.54) is 15.8 Å². The van der Waals surface area contributed by atoms with E-state index in [2.05, 4.69) is 46.4 Å². The molecule has 5 nitrogen and oxygen atoms in total. The summed E-state index contributed by atoms with van der Waals surface area (Å²) >= 11 is 1.82. The van der Waals surface area contributed by atoms with Crippen LogP contribution in [0.4, 0.5) is 10.5 Å². The highest BCUT2D eigenvalue weighted by molar-refractivity contribution is 7.17. The standard InChI is InChI=1S/C21H32N4OS/c1-4-24(21(26)22(2)3)12-6-5-11-23-13-15-25(16-14-23)19-8-7-9-20-18(19)10-17-27-20/h7-10,17H,4-6,11-16H2,1-3H3. The topological polar surface area (TPSA) is 30.0 Å². The van der Waals surface area contributed by atoms with Crippen molar-refractivity contribution in [2.75, 3.05) is 64.8 Å². The first-order chi connectivity index (χ1) is 13.1. The van der Waals surface area contributed by atoms with Crippen molar-refractivity contribution in [1.82, 2.24) is 14.7 Å². The Morgan fingerprint density at radius 2 is 1.89 bits per heavy atom. The predicted molar refractivity (Wildman–Crippen MR) is 116 cm³/mol. The highest BCUT2D eigenvalue weighted by Crippen LogP contribution is 2.31. The second-order valence-corrected chi connectivity index (χ2v) is 8.35. The molecule has 0 aliphatic carbocycles. The zero-order chi connectivity index (χ0) is 19.2. The van der Waals surface area contributed by atoms with Gasteiger partial charge in [0.05, 0.1) is 0 Å². The first-order valence-electron chi connectivity index (χ1n) is 10.00. The molecule has 6 heteroatoms. The molecule has 0 unspecified atom stereocenters. The van der Waals surface area contributed by atoms with Crippen LogP contribution in [0.25, 0.3) is 10.1 Å². The van der Waals surface area contributed by atoms with Gasteiger partial charge >= 0.3 is 6.03 Å². The zero-order valence-corrected chi connectivity index (χ0v) is 17.7. The van der Waals surface area contributed by atoms with Crippen LogP contribution in [-0.2, 0) is 0 Å². The van der Waals surface area contributed by atoms with E-state index in [9.17, 15) is 4.79 Å². The predicted octanol–water partition coefficient (Wildman–Crippen LogP) is 3.81. The summed E-state index contributed by atoms with van der Waals surface area (Å²) in [5, 5.41) is 3.58. The number of hydrogen-bond acceptors (Lipinski definition) is 4. The van der Waals surface area contributed by atoms with Crippen LogP contribution in [0.2, 0.25) is 0 Å². The third-order valence-electron chi connectivity index (χ3n) is 5.37. The van der Waals surface area contributed by atoms with Gasteiger partial charge in [0, 0.05) is 69.1 Å². The lowest BCUT2D eigenvalue weighted by Gasteiger charge is -2.36. The fourth-order valence-corrected chi connectivity index (χ4v) is 4.58. The molecule has 0 radical (unpaired) electrons. The monoisotopic (exact) mass is 388 g/mol. The van der Waals surface area contributed by atoms with E-state index in [-0.39, 0.29) is 6.03 Å². The number of carbonyl (C=O) groups excluding carboxylic acids is 1. The summed E-state index contributed by atoms with van der Waals surface area (Å²) in [5.74, 6) is 0. The molecular weight excluding hydrogens is 356 g/mol. The van der Waals surface area contributed by atoms with Crippen molar-refractivity contribution in [3.05, 3.63) is 29.6 Å². The number of piperazine rings is 1. The number of thiophene rings is 1. The zero-order valence-electron chi connectivity index (χ0n) is 16.9. The molecule has 1 aliphatic rings. The quantitative estimate of drug-likeness (QED) is 0.676. The molecule has 1 fully saturated rings. The second-order valence-electron chi connectivity index (χ2n) is 7.40. The number of unbranched alkanes of at least 4 members (excludes halogenated alkanes) is 1. The lowest BCUT2D eigenvalue weighted by molar-refractivity contribution is 0.171. The van der Waals surface area contributed by atoms with E-state index < -0.39 is 0 Å². The van der Waals surface area contributed by atoms with Gasteiger partial charge in [0.2, 0.25) is 0 Å². The molecule has 0 N–H and O–H groups in total. The number of nitrogens with zero attached hydrogens (tertiary/aromatic N) is 4. The van der Waals surface area contributed by atoms with E-state index in [1.54, 1.807) is 4.90 Å². The van der Waals surface area contributed by atoms with Crippen molar-refractivity contribution in [1.29, 1.82) is 0 Å². The fourth-order valence-electron chi connectivity index (χ4n) is 3.78. The highest BCUT2D eigenvalue weighted by Gasteiger charge is 2.19. The minimum Gasteiger partial charge on any atom is -0.368 e. The molecule has 27 heavy (non-hydrogen) atoms. The summed E-state index contributed by atoms with van der Waals surface area (Å²) in [6, 6.07) is 9.01. The van der Waals surface area contributed by atoms with Gasteiger partial charge in [0.1, 0.15) is 0 Å². The molecule has 2 amide bonds. The molecule has 1 aromatic carbocycles. The SMILES string of the molecule is CCN(CCCCN1CCN(c2cccc3sccc23)CC1)C(=O)N(C)C. The van der Waals surface area contributed by atoms with Gasteiger partial charge in [0.15, 0.2) is 0 Å². The molecule has 3 rings (SSSR count). The van der Waals surface area contributed by atoms with Crippen LogP contribution in [0.5, 0.6) is 0 Å². The molecule has 1 aromatic heterocycles. The first-order valence-corrected chi connectivity index (χ1v) is 10.9. The van der Waals surface area contributed by atoms with Gasteiger partial charge in [-0.15, -0.1) is 11.3 Å². The molecule has 2 aromatic rings. The maximum atomic E-state index is 12.1. The summed E-state index contributed by atoms with van der Waals surface area (Å²) in [6.07, 6.45) is 2.22. The van der Waals surface area contributed by atoms with Crippen LogP contribution < -0.4 is 4.90 Å². The summed E-state index contributed by atoms with van der Waals surface area (Å²) in [5.41, 5.74) is 1.38. The van der Waals surface area contributed by atoms with Gasteiger partial charge in [-0.05, 0) is 49.9 Å². The third kappa shape index (κ3) is 4.93. The molecule has 2 heterocycles. The number of urea groups is 1. The first kappa shape index (κ1) is 20.0. The van der Waals surface area contributed by atoms with Crippen molar-refractivity contribution >= 4 is 33.1 Å². The normalized spacial score (nSPS) is 15.3. The smallest absolute Gasteiger partial charge is 0.319 e. The maximum absolute atomic E-state index is 12.1. The molecule has 148 valence electrons. The molecule has 0 spiro atoms. The van der Waals surface area contributed by atoms with Gasteiger partial charge in [-0.2, -0.15) is 0 Å². The summed E-state index contributed by atoms with van der Waals surface area (Å²) in [6.45, 7) is 9.24. The molecule has 1 aliphatic heterocycles. The van der Waals surface area contributed by atoms with Crippen LogP contribution in [0.15, 0.2) is 29.6 Å². The number of hydrogen-bond donors (Lipinski definition) is 0. The number of rotatable bonds is 7. The van der Waals surface area contributed by atoms with Crippen LogP contribution in [0, 0.1) is 0 Å². The number of amides is 2. The second kappa shape index (κ2) is 9.42. The van der Waals surface area contributed by atoms with Gasteiger partial charge < -0.3 is 14.7 Å². The largest absolute Gasteiger partial charge is 0.368 e. The minimum absolute atomic E-state index is 0.119. The van der Waals surface area contributed by atoms with Gasteiger partial charge in [-0.1, -0.05) is 6.07 Å². The lowest BCUT2D eigenvalue weighted by atomic mass is 10.1. The Balaban J connectivity index is 1.41. The Morgan fingerprint density at radius 1 is 1.11 bits per heavy atom. The van der Waals surface area contributed by atoms with Crippen LogP contribution in [0.1, 0.15) is 19.8 Å². The number of fused-ring (bicyclic) bond motifs is 1. The molecule has 0 saturated carbocycles. The Morgan fingerprint density at radius 3 is 2.59 bits per heavy atom. The molecule has 1 saturated heterocycles. The van der Waals surface area contributed by atoms with E-state index in [4.69, 9.17) is 0 Å². The average Bonchev–Trinajstić information content (AvgIpc) is 3.17. The Hall–Kier alpha value is -1.79. The third-order valence-corrected chi connectivity index (χ3v) is 6.26. The molecule has 0 bridgehead atoms. The van der Waals surface area contributed by atoms with Crippen molar-refractivity contribution in [2.45, 2.75) is 19.8 Å². The van der Waals surface area contributed by atoms with Gasteiger partial charge in [-0.3, -0.25) is 4.90 Å². The summed E-state index contributed by atoms with van der Waals surface area (Å²) < 4.78 is 1.38. The number of anilines is 1. The van der Waals surface area contributed by atoms with Crippen molar-refractivity contribution in [3.8, 4) is 0 Å². The minimum atomic E-state index is 0.119. The van der Waals surface area contributed by atoms with E-state index in [0.29, 0.717) is 0 Å². The number of benzene rings is 1. The van der Waals surface area contributed by atoms with E-state index >= 15 is 0 Å². The Bertz CT molecular complexity index is 737.